The quantitative estimate of drug-likeness (QED) is 0.804. The molecular formula is C16H18FN5O. The van der Waals surface area contributed by atoms with Gasteiger partial charge in [-0.05, 0) is 49.6 Å². The molecule has 2 aromatic heterocycles. The van der Waals surface area contributed by atoms with Crippen LogP contribution in [0, 0.1) is 5.82 Å². The molecule has 1 fully saturated rings. The highest BCUT2D eigenvalue weighted by Crippen LogP contribution is 2.26. The molecule has 1 aliphatic heterocycles. The molecule has 3 aromatic rings. The van der Waals surface area contributed by atoms with E-state index >= 15 is 0 Å². The van der Waals surface area contributed by atoms with Crippen molar-refractivity contribution in [2.45, 2.75) is 32.1 Å². The number of hydrogen-bond donors (Lipinski definition) is 1. The predicted octanol–water partition coefficient (Wildman–Crippen LogP) is 2.58. The first kappa shape index (κ1) is 14.3. The third-order valence-electron chi connectivity index (χ3n) is 4.36. The summed E-state index contributed by atoms with van der Waals surface area (Å²) >= 11 is 0. The molecule has 1 N–H and O–H groups in total. The Morgan fingerprint density at radius 3 is 2.96 bits per heavy atom. The van der Waals surface area contributed by atoms with Crippen LogP contribution in [0.25, 0.3) is 16.9 Å². The SMILES string of the molecule is CCc1nn(-c2noc(C3CCNCC3)n2)c2cc(F)ccc12. The third kappa shape index (κ3) is 2.50. The molecule has 1 aromatic carbocycles. The minimum Gasteiger partial charge on any atom is -0.337 e. The number of aromatic nitrogens is 4. The zero-order valence-corrected chi connectivity index (χ0v) is 12.9. The number of piperidine rings is 1. The van der Waals surface area contributed by atoms with Crippen molar-refractivity contribution in [1.29, 1.82) is 0 Å². The zero-order chi connectivity index (χ0) is 15.8. The molecule has 0 saturated carbocycles. The highest BCUT2D eigenvalue weighted by Gasteiger charge is 2.23. The van der Waals surface area contributed by atoms with Gasteiger partial charge in [-0.3, -0.25) is 0 Å². The van der Waals surface area contributed by atoms with E-state index in [1.807, 2.05) is 6.92 Å². The molecule has 4 rings (SSSR count). The van der Waals surface area contributed by atoms with Gasteiger partial charge in [0.15, 0.2) is 0 Å². The molecule has 0 unspecified atom stereocenters. The number of fused-ring (bicyclic) bond motifs is 1. The van der Waals surface area contributed by atoms with Crippen LogP contribution in [0.5, 0.6) is 0 Å². The van der Waals surface area contributed by atoms with E-state index in [0.29, 0.717) is 17.4 Å². The van der Waals surface area contributed by atoms with E-state index < -0.39 is 0 Å². The van der Waals surface area contributed by atoms with Crippen LogP contribution in [0.3, 0.4) is 0 Å². The molecule has 6 nitrogen and oxygen atoms in total. The van der Waals surface area contributed by atoms with Crippen molar-refractivity contribution in [2.24, 2.45) is 0 Å². The molecule has 1 aliphatic rings. The summed E-state index contributed by atoms with van der Waals surface area (Å²) in [6, 6.07) is 4.66. The number of aryl methyl sites for hydroxylation is 1. The average molecular weight is 315 g/mol. The lowest BCUT2D eigenvalue weighted by Gasteiger charge is -2.18. The van der Waals surface area contributed by atoms with Crippen LogP contribution in [-0.2, 0) is 6.42 Å². The summed E-state index contributed by atoms with van der Waals surface area (Å²) in [5.74, 6) is 0.985. The number of benzene rings is 1. The molecular weight excluding hydrogens is 297 g/mol. The molecule has 7 heteroatoms. The number of hydrogen-bond acceptors (Lipinski definition) is 5. The molecule has 0 bridgehead atoms. The van der Waals surface area contributed by atoms with Gasteiger partial charge in [0.25, 0.3) is 5.95 Å². The largest absolute Gasteiger partial charge is 0.337 e. The van der Waals surface area contributed by atoms with Crippen molar-refractivity contribution in [1.82, 2.24) is 25.2 Å². The Kier molecular flexibility index (Phi) is 3.57. The summed E-state index contributed by atoms with van der Waals surface area (Å²) in [5.41, 5.74) is 1.56. The second-order valence-corrected chi connectivity index (χ2v) is 5.83. The van der Waals surface area contributed by atoms with E-state index in [9.17, 15) is 4.39 Å². The Morgan fingerprint density at radius 2 is 2.17 bits per heavy atom. The maximum absolute atomic E-state index is 13.6. The van der Waals surface area contributed by atoms with Crippen LogP contribution >= 0.6 is 0 Å². The average Bonchev–Trinajstić information content (AvgIpc) is 3.19. The molecule has 1 saturated heterocycles. The van der Waals surface area contributed by atoms with E-state index in [4.69, 9.17) is 4.52 Å². The van der Waals surface area contributed by atoms with Gasteiger partial charge < -0.3 is 9.84 Å². The van der Waals surface area contributed by atoms with Crippen molar-refractivity contribution in [3.8, 4) is 5.95 Å². The monoisotopic (exact) mass is 315 g/mol. The second kappa shape index (κ2) is 5.73. The first-order valence-electron chi connectivity index (χ1n) is 7.98. The van der Waals surface area contributed by atoms with E-state index in [-0.39, 0.29) is 11.7 Å². The molecule has 0 atom stereocenters. The van der Waals surface area contributed by atoms with E-state index in [1.165, 1.54) is 12.1 Å². The van der Waals surface area contributed by atoms with Gasteiger partial charge >= 0.3 is 0 Å². The fourth-order valence-electron chi connectivity index (χ4n) is 3.11. The van der Waals surface area contributed by atoms with Gasteiger partial charge in [0.05, 0.1) is 11.2 Å². The first-order valence-corrected chi connectivity index (χ1v) is 7.98. The maximum Gasteiger partial charge on any atom is 0.291 e. The summed E-state index contributed by atoms with van der Waals surface area (Å²) in [6.07, 6.45) is 2.72. The van der Waals surface area contributed by atoms with Gasteiger partial charge in [0.2, 0.25) is 5.89 Å². The summed E-state index contributed by atoms with van der Waals surface area (Å²) in [4.78, 5) is 4.50. The van der Waals surface area contributed by atoms with Gasteiger partial charge in [-0.1, -0.05) is 6.92 Å². The minimum absolute atomic E-state index is 0.279. The molecule has 0 radical (unpaired) electrons. The molecule has 0 aliphatic carbocycles. The lowest BCUT2D eigenvalue weighted by Crippen LogP contribution is -2.26. The van der Waals surface area contributed by atoms with Crippen molar-refractivity contribution in [2.75, 3.05) is 13.1 Å². The molecule has 3 heterocycles. The van der Waals surface area contributed by atoms with Gasteiger partial charge in [0, 0.05) is 17.4 Å². The lowest BCUT2D eigenvalue weighted by molar-refractivity contribution is 0.319. The lowest BCUT2D eigenvalue weighted by atomic mass is 9.98. The van der Waals surface area contributed by atoms with Gasteiger partial charge in [-0.15, -0.1) is 0 Å². The normalized spacial score (nSPS) is 16.3. The highest BCUT2D eigenvalue weighted by atomic mass is 19.1. The van der Waals surface area contributed by atoms with Gasteiger partial charge in [-0.2, -0.15) is 14.8 Å². The first-order chi connectivity index (χ1) is 11.3. The highest BCUT2D eigenvalue weighted by molar-refractivity contribution is 5.83. The topological polar surface area (TPSA) is 68.8 Å². The van der Waals surface area contributed by atoms with Crippen LogP contribution in [0.15, 0.2) is 22.7 Å². The van der Waals surface area contributed by atoms with Crippen LogP contribution in [0.2, 0.25) is 0 Å². The number of nitrogens with one attached hydrogen (secondary N) is 1. The number of rotatable bonds is 3. The zero-order valence-electron chi connectivity index (χ0n) is 12.9. The van der Waals surface area contributed by atoms with Crippen molar-refractivity contribution >= 4 is 10.9 Å². The summed E-state index contributed by atoms with van der Waals surface area (Å²) < 4.78 is 20.6. The Labute approximate surface area is 132 Å². The minimum atomic E-state index is -0.302. The van der Waals surface area contributed by atoms with Crippen molar-refractivity contribution in [3.63, 3.8) is 0 Å². The smallest absolute Gasteiger partial charge is 0.291 e. The van der Waals surface area contributed by atoms with E-state index in [0.717, 1.165) is 43.4 Å². The van der Waals surface area contributed by atoms with Crippen LogP contribution in [0.4, 0.5) is 4.39 Å². The van der Waals surface area contributed by atoms with Crippen LogP contribution in [0.1, 0.15) is 37.3 Å². The van der Waals surface area contributed by atoms with Gasteiger partial charge in [0.1, 0.15) is 5.82 Å². The van der Waals surface area contributed by atoms with Gasteiger partial charge in [-0.25, -0.2) is 4.39 Å². The number of halogens is 1. The van der Waals surface area contributed by atoms with E-state index in [2.05, 4.69) is 20.6 Å². The summed E-state index contributed by atoms with van der Waals surface area (Å²) in [7, 11) is 0. The summed E-state index contributed by atoms with van der Waals surface area (Å²) in [5, 5.41) is 12.8. The fourth-order valence-corrected chi connectivity index (χ4v) is 3.11. The molecule has 0 amide bonds. The Hall–Kier alpha value is -2.28. The number of nitrogens with zero attached hydrogens (tertiary/aromatic N) is 4. The van der Waals surface area contributed by atoms with Crippen molar-refractivity contribution in [3.05, 3.63) is 35.6 Å². The summed E-state index contributed by atoms with van der Waals surface area (Å²) in [6.45, 7) is 3.93. The third-order valence-corrected chi connectivity index (χ3v) is 4.36. The Balaban J connectivity index is 1.77. The Morgan fingerprint density at radius 1 is 1.35 bits per heavy atom. The standard InChI is InChI=1S/C16H18FN5O/c1-2-13-12-4-3-11(17)9-14(12)22(20-13)16-19-15(23-21-16)10-5-7-18-8-6-10/h3-4,9-10,18H,2,5-8H2,1H3. The predicted molar refractivity (Wildman–Crippen MR) is 83.1 cm³/mol. The second-order valence-electron chi connectivity index (χ2n) is 5.83. The Bertz CT molecular complexity index is 834. The maximum atomic E-state index is 13.6. The molecule has 0 spiro atoms. The van der Waals surface area contributed by atoms with Crippen LogP contribution < -0.4 is 5.32 Å². The molecule has 120 valence electrons. The van der Waals surface area contributed by atoms with Crippen molar-refractivity contribution < 1.29 is 8.91 Å². The molecule has 23 heavy (non-hydrogen) atoms. The van der Waals surface area contributed by atoms with Crippen LogP contribution in [-0.4, -0.2) is 33.0 Å². The van der Waals surface area contributed by atoms with E-state index in [1.54, 1.807) is 10.7 Å². The fraction of sp³-hybridized carbons (Fsp3) is 0.438.